The standard InChI is InChI=1S/C15H23FN2/c1-10-7-8-18(11(2)9-10)15-13(12(3)17)5-4-6-14(15)16/h4-6,10-12H,7-9,17H2,1-3H3. The normalized spacial score (nSPS) is 26.2. The van der Waals surface area contributed by atoms with Gasteiger partial charge in [-0.05, 0) is 44.2 Å². The molecule has 2 N–H and O–H groups in total. The van der Waals surface area contributed by atoms with Crippen molar-refractivity contribution in [3.8, 4) is 0 Å². The topological polar surface area (TPSA) is 29.3 Å². The quantitative estimate of drug-likeness (QED) is 0.871. The fourth-order valence-corrected chi connectivity index (χ4v) is 2.94. The Labute approximate surface area is 109 Å². The zero-order valence-electron chi connectivity index (χ0n) is 11.5. The van der Waals surface area contributed by atoms with Crippen molar-refractivity contribution in [1.82, 2.24) is 0 Å². The lowest BCUT2D eigenvalue weighted by atomic mass is 9.91. The highest BCUT2D eigenvalue weighted by Gasteiger charge is 2.27. The number of hydrogen-bond acceptors (Lipinski definition) is 2. The molecular formula is C15H23FN2. The second-order valence-corrected chi connectivity index (χ2v) is 5.64. The van der Waals surface area contributed by atoms with E-state index in [1.165, 1.54) is 6.07 Å². The molecule has 1 aliphatic rings. The van der Waals surface area contributed by atoms with Crippen molar-refractivity contribution < 1.29 is 4.39 Å². The van der Waals surface area contributed by atoms with Gasteiger partial charge in [0.05, 0.1) is 5.69 Å². The Kier molecular flexibility index (Phi) is 3.91. The Bertz CT molecular complexity index is 417. The molecule has 1 saturated heterocycles. The van der Waals surface area contributed by atoms with E-state index < -0.39 is 0 Å². The molecule has 1 fully saturated rings. The van der Waals surface area contributed by atoms with Crippen LogP contribution in [0.5, 0.6) is 0 Å². The number of nitrogens with two attached hydrogens (primary N) is 1. The van der Waals surface area contributed by atoms with Crippen molar-refractivity contribution in [3.63, 3.8) is 0 Å². The first kappa shape index (κ1) is 13.3. The Morgan fingerprint density at radius 3 is 2.72 bits per heavy atom. The number of nitrogens with zero attached hydrogens (tertiary/aromatic N) is 1. The van der Waals surface area contributed by atoms with Gasteiger partial charge in [0.15, 0.2) is 0 Å². The maximum atomic E-state index is 14.2. The molecule has 3 heteroatoms. The summed E-state index contributed by atoms with van der Waals surface area (Å²) in [6.45, 7) is 7.27. The van der Waals surface area contributed by atoms with Gasteiger partial charge in [-0.1, -0.05) is 19.1 Å². The Hall–Kier alpha value is -1.09. The van der Waals surface area contributed by atoms with Crippen molar-refractivity contribution in [2.45, 2.75) is 45.7 Å². The summed E-state index contributed by atoms with van der Waals surface area (Å²) in [5.74, 6) is 0.577. The summed E-state index contributed by atoms with van der Waals surface area (Å²) < 4.78 is 14.2. The highest BCUT2D eigenvalue weighted by atomic mass is 19.1. The summed E-state index contributed by atoms with van der Waals surface area (Å²) in [6, 6.07) is 5.46. The lowest BCUT2D eigenvalue weighted by Crippen LogP contribution is -2.41. The summed E-state index contributed by atoms with van der Waals surface area (Å²) in [4.78, 5) is 2.19. The lowest BCUT2D eigenvalue weighted by molar-refractivity contribution is 0.374. The summed E-state index contributed by atoms with van der Waals surface area (Å²) in [5, 5.41) is 0. The van der Waals surface area contributed by atoms with Gasteiger partial charge in [0.25, 0.3) is 0 Å². The van der Waals surface area contributed by atoms with Crippen LogP contribution < -0.4 is 10.6 Å². The molecule has 3 atom stereocenters. The first-order chi connectivity index (χ1) is 8.50. The summed E-state index contributed by atoms with van der Waals surface area (Å²) >= 11 is 0. The molecule has 0 radical (unpaired) electrons. The monoisotopic (exact) mass is 250 g/mol. The number of anilines is 1. The molecule has 18 heavy (non-hydrogen) atoms. The second kappa shape index (κ2) is 5.27. The summed E-state index contributed by atoms with van der Waals surface area (Å²) in [6.07, 6.45) is 2.24. The fourth-order valence-electron chi connectivity index (χ4n) is 2.94. The number of halogens is 1. The highest BCUT2D eigenvalue weighted by Crippen LogP contribution is 2.34. The van der Waals surface area contributed by atoms with Gasteiger partial charge in [-0.2, -0.15) is 0 Å². The minimum atomic E-state index is -0.147. The van der Waals surface area contributed by atoms with Crippen LogP contribution in [0, 0.1) is 11.7 Å². The van der Waals surface area contributed by atoms with Crippen LogP contribution in [0.25, 0.3) is 0 Å². The molecule has 0 saturated carbocycles. The van der Waals surface area contributed by atoms with E-state index >= 15 is 0 Å². The third-order valence-electron chi connectivity index (χ3n) is 3.93. The first-order valence-electron chi connectivity index (χ1n) is 6.81. The van der Waals surface area contributed by atoms with Crippen molar-refractivity contribution in [2.75, 3.05) is 11.4 Å². The predicted octanol–water partition coefficient (Wildman–Crippen LogP) is 3.47. The van der Waals surface area contributed by atoms with Crippen molar-refractivity contribution in [3.05, 3.63) is 29.6 Å². The first-order valence-corrected chi connectivity index (χ1v) is 6.81. The lowest BCUT2D eigenvalue weighted by Gasteiger charge is -2.39. The van der Waals surface area contributed by atoms with Crippen LogP contribution in [0.2, 0.25) is 0 Å². The van der Waals surface area contributed by atoms with Crippen molar-refractivity contribution in [2.24, 2.45) is 11.7 Å². The SMILES string of the molecule is CC1CCN(c2c(F)cccc2C(C)N)C(C)C1. The molecule has 0 bridgehead atoms. The second-order valence-electron chi connectivity index (χ2n) is 5.64. The van der Waals surface area contributed by atoms with Gasteiger partial charge in [0.1, 0.15) is 5.82 Å². The molecule has 0 amide bonds. The van der Waals surface area contributed by atoms with Crippen LogP contribution in [0.1, 0.15) is 45.2 Å². The third kappa shape index (κ3) is 2.51. The van der Waals surface area contributed by atoms with Crippen LogP contribution in [0.3, 0.4) is 0 Å². The van der Waals surface area contributed by atoms with Crippen LogP contribution >= 0.6 is 0 Å². The molecule has 1 aromatic rings. The van der Waals surface area contributed by atoms with E-state index in [1.54, 1.807) is 6.07 Å². The molecular weight excluding hydrogens is 227 g/mol. The number of rotatable bonds is 2. The van der Waals surface area contributed by atoms with Crippen LogP contribution in [-0.4, -0.2) is 12.6 Å². The van der Waals surface area contributed by atoms with Gasteiger partial charge in [0, 0.05) is 18.6 Å². The molecule has 2 rings (SSSR count). The average molecular weight is 250 g/mol. The van der Waals surface area contributed by atoms with Gasteiger partial charge in [-0.25, -0.2) is 4.39 Å². The van der Waals surface area contributed by atoms with E-state index in [2.05, 4.69) is 18.7 Å². The van der Waals surface area contributed by atoms with Crippen LogP contribution in [-0.2, 0) is 0 Å². The Morgan fingerprint density at radius 2 is 2.11 bits per heavy atom. The summed E-state index contributed by atoms with van der Waals surface area (Å²) in [5.41, 5.74) is 7.60. The minimum absolute atomic E-state index is 0.137. The molecule has 100 valence electrons. The minimum Gasteiger partial charge on any atom is -0.366 e. The number of benzene rings is 1. The third-order valence-corrected chi connectivity index (χ3v) is 3.93. The number of para-hydroxylation sites is 1. The van der Waals surface area contributed by atoms with Gasteiger partial charge in [-0.15, -0.1) is 0 Å². The van der Waals surface area contributed by atoms with E-state index in [9.17, 15) is 4.39 Å². The number of piperidine rings is 1. The molecule has 2 nitrogen and oxygen atoms in total. The zero-order chi connectivity index (χ0) is 13.3. The van der Waals surface area contributed by atoms with Gasteiger partial charge < -0.3 is 10.6 Å². The number of hydrogen-bond donors (Lipinski definition) is 1. The van der Waals surface area contributed by atoms with Crippen molar-refractivity contribution >= 4 is 5.69 Å². The van der Waals surface area contributed by atoms with Crippen LogP contribution in [0.4, 0.5) is 10.1 Å². The van der Waals surface area contributed by atoms with E-state index in [1.807, 2.05) is 13.0 Å². The highest BCUT2D eigenvalue weighted by molar-refractivity contribution is 5.57. The zero-order valence-corrected chi connectivity index (χ0v) is 11.5. The largest absolute Gasteiger partial charge is 0.366 e. The molecule has 3 unspecified atom stereocenters. The predicted molar refractivity (Wildman–Crippen MR) is 74.2 cm³/mol. The maximum Gasteiger partial charge on any atom is 0.146 e. The Morgan fingerprint density at radius 1 is 1.39 bits per heavy atom. The van der Waals surface area contributed by atoms with E-state index in [0.29, 0.717) is 11.7 Å². The fraction of sp³-hybridized carbons (Fsp3) is 0.600. The van der Waals surface area contributed by atoms with Gasteiger partial charge in [-0.3, -0.25) is 0 Å². The molecule has 1 aromatic carbocycles. The molecule has 0 spiro atoms. The Balaban J connectivity index is 2.38. The van der Waals surface area contributed by atoms with E-state index in [4.69, 9.17) is 5.73 Å². The maximum absolute atomic E-state index is 14.2. The van der Waals surface area contributed by atoms with E-state index in [0.717, 1.165) is 30.9 Å². The smallest absolute Gasteiger partial charge is 0.146 e. The van der Waals surface area contributed by atoms with Crippen LogP contribution in [0.15, 0.2) is 18.2 Å². The van der Waals surface area contributed by atoms with E-state index in [-0.39, 0.29) is 11.9 Å². The van der Waals surface area contributed by atoms with Crippen molar-refractivity contribution in [1.29, 1.82) is 0 Å². The molecule has 1 heterocycles. The molecule has 1 aliphatic heterocycles. The average Bonchev–Trinajstić information content (AvgIpc) is 2.29. The molecule has 0 aliphatic carbocycles. The van der Waals surface area contributed by atoms with Gasteiger partial charge in [0.2, 0.25) is 0 Å². The summed E-state index contributed by atoms with van der Waals surface area (Å²) in [7, 11) is 0. The van der Waals surface area contributed by atoms with Gasteiger partial charge >= 0.3 is 0 Å². The molecule has 0 aromatic heterocycles.